The van der Waals surface area contributed by atoms with Crippen LogP contribution in [0.1, 0.15) is 97.3 Å². The lowest BCUT2D eigenvalue weighted by Crippen LogP contribution is -2.38. The molecule has 2 aromatic rings. The lowest BCUT2D eigenvalue weighted by molar-refractivity contribution is -0.251. The largest absolute Gasteiger partial charge is 0.433 e. The fourth-order valence-corrected chi connectivity index (χ4v) is 6.30. The molecule has 2 unspecified atom stereocenters. The molecule has 2 aliphatic carbocycles. The van der Waals surface area contributed by atoms with E-state index < -0.39 is 29.4 Å². The van der Waals surface area contributed by atoms with Crippen molar-refractivity contribution in [1.29, 1.82) is 0 Å². The molecule has 188 valence electrons. The summed E-state index contributed by atoms with van der Waals surface area (Å²) in [7, 11) is 0. The molecular weight excluding hydrogens is 461 g/mol. The molecule has 0 bridgehead atoms. The Balaban J connectivity index is 1.60. The van der Waals surface area contributed by atoms with Gasteiger partial charge in [-0.3, -0.25) is 9.97 Å². The minimum absolute atomic E-state index is 0.0872. The standard InChI is InChI=1S/C26H29F3N2O4/c1-14(2)22-21-20(19-16(31-22)11-23(5-6-23)12-17(19)32)24(7-9-34-10-8-24)35-25(21,33)15-3-4-18(30-13-15)26(27,28)29/h3-4,13-14,17,32-33H,5-12H2,1-2H3. The summed E-state index contributed by atoms with van der Waals surface area (Å²) >= 11 is 0. The van der Waals surface area contributed by atoms with Crippen molar-refractivity contribution in [2.75, 3.05) is 13.2 Å². The number of hydrogen-bond donors (Lipinski definition) is 2. The second-order valence-electron chi connectivity index (χ2n) is 10.9. The van der Waals surface area contributed by atoms with Crippen LogP contribution in [0.15, 0.2) is 18.3 Å². The van der Waals surface area contributed by atoms with Crippen LogP contribution in [0, 0.1) is 5.41 Å². The maximum absolute atomic E-state index is 13.2. The lowest BCUT2D eigenvalue weighted by atomic mass is 9.73. The molecule has 1 saturated carbocycles. The first-order valence-corrected chi connectivity index (χ1v) is 12.3. The normalized spacial score (nSPS) is 28.4. The predicted octanol–water partition coefficient (Wildman–Crippen LogP) is 4.61. The first kappa shape index (κ1) is 23.3. The van der Waals surface area contributed by atoms with E-state index in [1.54, 1.807) is 0 Å². The van der Waals surface area contributed by atoms with Gasteiger partial charge in [-0.1, -0.05) is 13.8 Å². The Kier molecular flexibility index (Phi) is 4.98. The zero-order valence-electron chi connectivity index (χ0n) is 19.8. The summed E-state index contributed by atoms with van der Waals surface area (Å²) in [6.45, 7) is 4.77. The summed E-state index contributed by atoms with van der Waals surface area (Å²) in [4.78, 5) is 8.59. The fraction of sp³-hybridized carbons (Fsp3) is 0.615. The number of aromatic nitrogens is 2. The van der Waals surface area contributed by atoms with E-state index >= 15 is 0 Å². The summed E-state index contributed by atoms with van der Waals surface area (Å²) in [6.07, 6.45) is 0.172. The number of alkyl halides is 3. The third-order valence-corrected chi connectivity index (χ3v) is 8.23. The van der Waals surface area contributed by atoms with Gasteiger partial charge in [-0.05, 0) is 49.1 Å². The summed E-state index contributed by atoms with van der Waals surface area (Å²) in [5.41, 5.74) is 1.65. The third-order valence-electron chi connectivity index (χ3n) is 8.23. The van der Waals surface area contributed by atoms with Crippen LogP contribution in [0.4, 0.5) is 13.2 Å². The second kappa shape index (κ2) is 7.47. The van der Waals surface area contributed by atoms with Crippen LogP contribution in [0.2, 0.25) is 0 Å². The van der Waals surface area contributed by atoms with Gasteiger partial charge < -0.3 is 19.7 Å². The molecule has 6 nitrogen and oxygen atoms in total. The van der Waals surface area contributed by atoms with Gasteiger partial charge in [-0.15, -0.1) is 0 Å². The average molecular weight is 491 g/mol. The molecule has 2 fully saturated rings. The summed E-state index contributed by atoms with van der Waals surface area (Å²) in [6, 6.07) is 2.08. The number of fused-ring (bicyclic) bond motifs is 4. The second-order valence-corrected chi connectivity index (χ2v) is 10.9. The molecular formula is C26H29F3N2O4. The number of pyridine rings is 2. The van der Waals surface area contributed by atoms with Gasteiger partial charge in [0.15, 0.2) is 0 Å². The van der Waals surface area contributed by atoms with Crippen LogP contribution in [0.25, 0.3) is 0 Å². The van der Waals surface area contributed by atoms with Gasteiger partial charge >= 0.3 is 6.18 Å². The van der Waals surface area contributed by atoms with E-state index in [4.69, 9.17) is 14.5 Å². The van der Waals surface area contributed by atoms with E-state index in [1.807, 2.05) is 13.8 Å². The Morgan fingerprint density at radius 2 is 1.80 bits per heavy atom. The number of aliphatic hydroxyl groups is 2. The van der Waals surface area contributed by atoms with Crippen molar-refractivity contribution in [2.45, 2.75) is 82.0 Å². The van der Waals surface area contributed by atoms with E-state index in [0.29, 0.717) is 43.7 Å². The van der Waals surface area contributed by atoms with Gasteiger partial charge in [-0.25, -0.2) is 0 Å². The number of nitrogens with zero attached hydrogens (tertiary/aromatic N) is 2. The van der Waals surface area contributed by atoms with E-state index in [-0.39, 0.29) is 16.9 Å². The first-order valence-electron chi connectivity index (χ1n) is 12.3. The number of halogens is 3. The van der Waals surface area contributed by atoms with Gasteiger partial charge in [0.05, 0.1) is 11.8 Å². The molecule has 2 atom stereocenters. The zero-order valence-corrected chi connectivity index (χ0v) is 19.8. The van der Waals surface area contributed by atoms with Gasteiger partial charge in [-0.2, -0.15) is 13.2 Å². The highest BCUT2D eigenvalue weighted by Gasteiger charge is 2.60. The van der Waals surface area contributed by atoms with Gasteiger partial charge in [0.25, 0.3) is 0 Å². The molecule has 35 heavy (non-hydrogen) atoms. The van der Waals surface area contributed by atoms with Crippen LogP contribution < -0.4 is 0 Å². The molecule has 2 N–H and O–H groups in total. The molecule has 0 amide bonds. The van der Waals surface area contributed by atoms with Crippen molar-refractivity contribution in [2.24, 2.45) is 5.41 Å². The number of ether oxygens (including phenoxy) is 2. The van der Waals surface area contributed by atoms with E-state index in [2.05, 4.69) is 4.98 Å². The highest BCUT2D eigenvalue weighted by molar-refractivity contribution is 5.56. The Labute approximate surface area is 201 Å². The van der Waals surface area contributed by atoms with Crippen molar-refractivity contribution in [1.82, 2.24) is 9.97 Å². The Morgan fingerprint density at radius 1 is 1.09 bits per heavy atom. The molecule has 2 spiro atoms. The molecule has 9 heteroatoms. The van der Waals surface area contributed by atoms with E-state index in [0.717, 1.165) is 48.3 Å². The van der Waals surface area contributed by atoms with E-state index in [9.17, 15) is 23.4 Å². The summed E-state index contributed by atoms with van der Waals surface area (Å²) in [5.74, 6) is -2.13. The highest BCUT2D eigenvalue weighted by atomic mass is 19.4. The lowest BCUT2D eigenvalue weighted by Gasteiger charge is -2.38. The number of rotatable bonds is 2. The maximum atomic E-state index is 13.2. The van der Waals surface area contributed by atoms with Crippen molar-refractivity contribution in [3.63, 3.8) is 0 Å². The Hall–Kier alpha value is -2.07. The summed E-state index contributed by atoms with van der Waals surface area (Å²) < 4.78 is 51.7. The minimum atomic E-state index is -4.59. The Bertz CT molecular complexity index is 1170. The smallest absolute Gasteiger partial charge is 0.388 e. The molecule has 6 rings (SSSR count). The minimum Gasteiger partial charge on any atom is -0.388 e. The van der Waals surface area contributed by atoms with Gasteiger partial charge in [0, 0.05) is 60.2 Å². The van der Waals surface area contributed by atoms with Crippen molar-refractivity contribution in [3.05, 3.63) is 57.7 Å². The van der Waals surface area contributed by atoms with Crippen molar-refractivity contribution < 1.29 is 32.9 Å². The summed E-state index contributed by atoms with van der Waals surface area (Å²) in [5, 5.41) is 23.5. The molecule has 4 heterocycles. The van der Waals surface area contributed by atoms with Crippen molar-refractivity contribution in [3.8, 4) is 0 Å². The van der Waals surface area contributed by atoms with Crippen LogP contribution >= 0.6 is 0 Å². The van der Waals surface area contributed by atoms with Gasteiger partial charge in [0.1, 0.15) is 11.3 Å². The number of aliphatic hydroxyl groups excluding tert-OH is 1. The maximum Gasteiger partial charge on any atom is 0.433 e. The van der Waals surface area contributed by atoms with Crippen LogP contribution in [-0.4, -0.2) is 33.4 Å². The molecule has 0 aromatic carbocycles. The molecule has 1 saturated heterocycles. The quantitative estimate of drug-likeness (QED) is 0.640. The first-order chi connectivity index (χ1) is 16.5. The molecule has 2 aliphatic heterocycles. The average Bonchev–Trinajstić information content (AvgIpc) is 3.49. The molecule has 2 aromatic heterocycles. The fourth-order valence-electron chi connectivity index (χ4n) is 6.30. The number of hydrogen-bond acceptors (Lipinski definition) is 6. The SMILES string of the molecule is CC(C)c1nc2c(c3c1C(O)(c1ccc(C(F)(F)F)nc1)OC31CCOCC1)C(O)CC1(CC1)C2. The van der Waals surface area contributed by atoms with Crippen molar-refractivity contribution >= 4 is 0 Å². The molecule has 0 radical (unpaired) electrons. The van der Waals surface area contributed by atoms with Gasteiger partial charge in [0.2, 0.25) is 5.79 Å². The zero-order chi connectivity index (χ0) is 24.8. The monoisotopic (exact) mass is 490 g/mol. The third kappa shape index (κ3) is 3.46. The molecule has 4 aliphatic rings. The van der Waals surface area contributed by atoms with Crippen LogP contribution in [-0.2, 0) is 33.5 Å². The van der Waals surface area contributed by atoms with Crippen LogP contribution in [0.5, 0.6) is 0 Å². The Morgan fingerprint density at radius 3 is 2.37 bits per heavy atom. The van der Waals surface area contributed by atoms with E-state index in [1.165, 1.54) is 6.07 Å². The van der Waals surface area contributed by atoms with Crippen LogP contribution in [0.3, 0.4) is 0 Å². The predicted molar refractivity (Wildman–Crippen MR) is 118 cm³/mol. The highest BCUT2D eigenvalue weighted by Crippen LogP contribution is 2.62. The topological polar surface area (TPSA) is 84.7 Å².